The van der Waals surface area contributed by atoms with E-state index < -0.39 is 23.2 Å². The summed E-state index contributed by atoms with van der Waals surface area (Å²) in [6.07, 6.45) is -3.27. The number of hydrogen-bond donors (Lipinski definition) is 3. The van der Waals surface area contributed by atoms with E-state index in [9.17, 15) is 18.0 Å². The second-order valence-electron chi connectivity index (χ2n) is 11.6. The molecule has 230 valence electrons. The number of rotatable bonds is 4. The zero-order chi connectivity index (χ0) is 31.4. The molecule has 4 aromatic rings. The Bertz CT molecular complexity index is 1750. The van der Waals surface area contributed by atoms with Gasteiger partial charge in [0.25, 0.3) is 0 Å². The van der Waals surface area contributed by atoms with Crippen LogP contribution in [0, 0.1) is 0 Å². The molecule has 1 saturated carbocycles. The predicted molar refractivity (Wildman–Crippen MR) is 155 cm³/mol. The largest absolute Gasteiger partial charge is 0.497 e. The van der Waals surface area contributed by atoms with Gasteiger partial charge in [0.15, 0.2) is 0 Å². The van der Waals surface area contributed by atoms with Gasteiger partial charge in [0.2, 0.25) is 5.91 Å². The summed E-state index contributed by atoms with van der Waals surface area (Å²) >= 11 is 0. The maximum absolute atomic E-state index is 15.5. The topological polar surface area (TPSA) is 108 Å². The number of carbonyl (C=O) groups is 2. The number of nitrogens with one attached hydrogen (secondary N) is 2. The van der Waals surface area contributed by atoms with Crippen molar-refractivity contribution >= 4 is 28.5 Å². The molecule has 7 rings (SSSR count). The van der Waals surface area contributed by atoms with Gasteiger partial charge in [-0.2, -0.15) is 18.3 Å². The van der Waals surface area contributed by atoms with Gasteiger partial charge in [-0.1, -0.05) is 36.4 Å². The number of fused-ring (bicyclic) bond motifs is 3. The Morgan fingerprint density at radius 2 is 1.75 bits per heavy atom. The summed E-state index contributed by atoms with van der Waals surface area (Å²) in [6.45, 7) is 1.54. The highest BCUT2D eigenvalue weighted by Gasteiger charge is 2.65. The number of carbonyl (C=O) groups excluding carboxylic acids is 1. The molecule has 3 heterocycles. The fourth-order valence-corrected chi connectivity index (χ4v) is 6.36. The summed E-state index contributed by atoms with van der Waals surface area (Å²) in [7, 11) is 3.68. The second-order valence-corrected chi connectivity index (χ2v) is 11.6. The van der Waals surface area contributed by atoms with Gasteiger partial charge in [-0.25, -0.2) is 9.18 Å². The van der Waals surface area contributed by atoms with Crippen LogP contribution in [0.25, 0.3) is 22.2 Å². The normalized spacial score (nSPS) is 22.2. The molecule has 1 spiro atoms. The van der Waals surface area contributed by atoms with Crippen LogP contribution in [0.15, 0.2) is 60.7 Å². The first-order chi connectivity index (χ1) is 20.9. The van der Waals surface area contributed by atoms with E-state index in [1.165, 1.54) is 0 Å². The number of likely N-dealkylation sites (tertiary alicyclic amines) is 1. The number of carboxylic acid groups (broad SMARTS) is 1. The number of benzene rings is 3. The van der Waals surface area contributed by atoms with E-state index >= 15 is 4.39 Å². The number of methoxy groups -OCH3 is 1. The Labute approximate surface area is 250 Å². The number of halogens is 4. The number of aromatic nitrogens is 2. The number of alkyl halides is 4. The van der Waals surface area contributed by atoms with Crippen LogP contribution in [-0.4, -0.2) is 65.5 Å². The van der Waals surface area contributed by atoms with Crippen molar-refractivity contribution in [3.63, 3.8) is 0 Å². The molecular weight excluding hydrogens is 580 g/mol. The number of piperidine rings is 1. The molecule has 0 unspecified atom stereocenters. The highest BCUT2D eigenvalue weighted by atomic mass is 19.4. The molecule has 3 aliphatic rings. The fourth-order valence-electron chi connectivity index (χ4n) is 6.36. The van der Waals surface area contributed by atoms with Crippen LogP contribution in [0.2, 0.25) is 0 Å². The van der Waals surface area contributed by atoms with Gasteiger partial charge in [-0.3, -0.25) is 9.89 Å². The molecule has 8 nitrogen and oxygen atoms in total. The lowest BCUT2D eigenvalue weighted by molar-refractivity contribution is -0.192. The number of carboxylic acids is 1. The van der Waals surface area contributed by atoms with Gasteiger partial charge in [0, 0.05) is 35.6 Å². The molecule has 1 saturated heterocycles. The molecule has 44 heavy (non-hydrogen) atoms. The van der Waals surface area contributed by atoms with Crippen molar-refractivity contribution in [1.82, 2.24) is 15.1 Å². The van der Waals surface area contributed by atoms with Crippen LogP contribution in [0.1, 0.15) is 41.9 Å². The number of aromatic amines is 1. The molecule has 3 N–H and O–H groups in total. The number of anilines is 1. The fraction of sp³-hybridized carbons (Fsp3) is 0.344. The van der Waals surface area contributed by atoms with Crippen LogP contribution in [0.5, 0.6) is 5.75 Å². The summed E-state index contributed by atoms with van der Waals surface area (Å²) < 4.78 is 52.7. The van der Waals surface area contributed by atoms with Crippen molar-refractivity contribution in [1.29, 1.82) is 0 Å². The van der Waals surface area contributed by atoms with Crippen molar-refractivity contribution in [2.45, 2.75) is 42.4 Å². The minimum Gasteiger partial charge on any atom is -0.497 e. The van der Waals surface area contributed by atoms with Gasteiger partial charge in [-0.05, 0) is 67.3 Å². The van der Waals surface area contributed by atoms with Gasteiger partial charge < -0.3 is 20.1 Å². The summed E-state index contributed by atoms with van der Waals surface area (Å²) in [5.74, 6) is -1.84. The predicted octanol–water partition coefficient (Wildman–Crippen LogP) is 6.14. The van der Waals surface area contributed by atoms with Crippen LogP contribution in [-0.2, 0) is 20.7 Å². The third-order valence-electron chi connectivity index (χ3n) is 9.01. The molecule has 0 bridgehead atoms. The van der Waals surface area contributed by atoms with Crippen molar-refractivity contribution < 1.29 is 37.0 Å². The molecule has 1 aromatic heterocycles. The maximum Gasteiger partial charge on any atom is 0.490 e. The first-order valence-corrected chi connectivity index (χ1v) is 14.1. The Morgan fingerprint density at radius 1 is 1.07 bits per heavy atom. The minimum atomic E-state index is -5.08. The molecule has 0 radical (unpaired) electrons. The van der Waals surface area contributed by atoms with Crippen LogP contribution >= 0.6 is 0 Å². The molecule has 1 amide bonds. The SMILES string of the molecule is COc1ccc2c(c1)[C@]1(C[C@H]1c1ccc3c(-c4ccc(C5(F)CCN(C)CC5)cc4)n[nH]c3c1)C(=O)N2.O=C(O)C(F)(F)F. The number of H-pyrrole nitrogens is 1. The monoisotopic (exact) mass is 610 g/mol. The van der Waals surface area contributed by atoms with E-state index in [0.29, 0.717) is 12.8 Å². The van der Waals surface area contributed by atoms with Gasteiger partial charge in [-0.15, -0.1) is 0 Å². The molecule has 12 heteroatoms. The number of amides is 1. The van der Waals surface area contributed by atoms with Crippen LogP contribution in [0.3, 0.4) is 0 Å². The average molecular weight is 611 g/mol. The molecule has 1 aliphatic carbocycles. The van der Waals surface area contributed by atoms with Crippen LogP contribution < -0.4 is 10.1 Å². The summed E-state index contributed by atoms with van der Waals surface area (Å²) in [5.41, 5.74) is 4.69. The Morgan fingerprint density at radius 3 is 2.39 bits per heavy atom. The van der Waals surface area contributed by atoms with Crippen molar-refractivity contribution in [2.75, 3.05) is 32.6 Å². The molecular formula is C32H30F4N4O4. The van der Waals surface area contributed by atoms with E-state index in [-0.39, 0.29) is 11.8 Å². The highest BCUT2D eigenvalue weighted by Crippen LogP contribution is 2.65. The molecule has 2 atom stereocenters. The number of ether oxygens (including phenoxy) is 1. The number of aliphatic carboxylic acids is 1. The van der Waals surface area contributed by atoms with Gasteiger partial charge >= 0.3 is 12.1 Å². The first-order valence-electron chi connectivity index (χ1n) is 14.1. The highest BCUT2D eigenvalue weighted by molar-refractivity contribution is 6.10. The molecule has 2 aliphatic heterocycles. The Hall–Kier alpha value is -4.45. The van der Waals surface area contributed by atoms with Gasteiger partial charge in [0.05, 0.1) is 23.7 Å². The first kappa shape index (κ1) is 29.6. The number of hydrogen-bond acceptors (Lipinski definition) is 5. The molecule has 3 aromatic carbocycles. The van der Waals surface area contributed by atoms with E-state index in [0.717, 1.165) is 69.8 Å². The standard InChI is InChI=1S/C30H29FN4O2.C2HF3O2/c1-35-13-11-29(31,12-14-35)20-6-3-18(4-7-20)27-22-9-5-19(15-26(22)33-34-27)24-17-30(24)23-16-21(37-2)8-10-25(23)32-28(30)36;3-2(4,5)1(6)7/h3-10,15-16,24H,11-14,17H2,1-2H3,(H,32,36)(H,33,34);(H,6,7)/t24-,30-;/m0./s1. The lowest BCUT2D eigenvalue weighted by atomic mass is 9.86. The average Bonchev–Trinajstić information content (AvgIpc) is 3.53. The third kappa shape index (κ3) is 5.06. The zero-order valence-electron chi connectivity index (χ0n) is 24.0. The van der Waals surface area contributed by atoms with Gasteiger partial charge in [0.1, 0.15) is 11.4 Å². The quantitative estimate of drug-likeness (QED) is 0.240. The smallest absolute Gasteiger partial charge is 0.490 e. The second kappa shape index (κ2) is 10.6. The van der Waals surface area contributed by atoms with E-state index in [2.05, 4.69) is 38.6 Å². The maximum atomic E-state index is 15.5. The Balaban J connectivity index is 0.000000441. The van der Waals surface area contributed by atoms with Crippen LogP contribution in [0.4, 0.5) is 23.2 Å². The van der Waals surface area contributed by atoms with E-state index in [1.54, 1.807) is 7.11 Å². The number of nitrogens with zero attached hydrogens (tertiary/aromatic N) is 2. The minimum absolute atomic E-state index is 0.0569. The lowest BCUT2D eigenvalue weighted by Crippen LogP contribution is -2.37. The zero-order valence-corrected chi connectivity index (χ0v) is 24.0. The van der Waals surface area contributed by atoms with E-state index in [1.807, 2.05) is 49.5 Å². The summed E-state index contributed by atoms with van der Waals surface area (Å²) in [6, 6.07) is 19.8. The van der Waals surface area contributed by atoms with Crippen molar-refractivity contribution in [2.24, 2.45) is 0 Å². The summed E-state index contributed by atoms with van der Waals surface area (Å²) in [5, 5.41) is 19.0. The Kier molecular flexibility index (Phi) is 7.15. The van der Waals surface area contributed by atoms with Crippen molar-refractivity contribution in [3.05, 3.63) is 77.4 Å². The van der Waals surface area contributed by atoms with E-state index in [4.69, 9.17) is 14.6 Å². The lowest BCUT2D eigenvalue weighted by Gasteiger charge is -2.34. The summed E-state index contributed by atoms with van der Waals surface area (Å²) in [4.78, 5) is 24.1. The van der Waals surface area contributed by atoms with Crippen molar-refractivity contribution in [3.8, 4) is 17.0 Å². The third-order valence-corrected chi connectivity index (χ3v) is 9.01. The molecule has 2 fully saturated rings.